The summed E-state index contributed by atoms with van der Waals surface area (Å²) >= 11 is 0. The van der Waals surface area contributed by atoms with Crippen LogP contribution in [0.4, 0.5) is 4.39 Å². The Kier molecular flexibility index (Phi) is 3.85. The van der Waals surface area contributed by atoms with E-state index in [0.717, 1.165) is 0 Å². The number of hydrogen-bond acceptors (Lipinski definition) is 3. The normalized spacial score (nSPS) is 12.6. The monoisotopic (exact) mass is 199 g/mol. The fraction of sp³-hybridized carbons (Fsp3) is 0.400. The van der Waals surface area contributed by atoms with E-state index >= 15 is 0 Å². The Labute approximate surface area is 82.6 Å². The van der Waals surface area contributed by atoms with E-state index in [1.54, 1.807) is 18.2 Å². The third-order valence-corrected chi connectivity index (χ3v) is 2.05. The molecule has 4 heteroatoms. The van der Waals surface area contributed by atoms with E-state index in [0.29, 0.717) is 16.9 Å². The second-order valence-electron chi connectivity index (χ2n) is 2.96. The molecule has 0 aliphatic heterocycles. The molecule has 3 nitrogen and oxygen atoms in total. The zero-order chi connectivity index (χ0) is 10.6. The molecule has 0 amide bonds. The number of alkyl halides is 1. The molecular weight excluding hydrogens is 185 g/mol. The van der Waals surface area contributed by atoms with Crippen LogP contribution >= 0.6 is 0 Å². The van der Waals surface area contributed by atoms with Gasteiger partial charge in [0.1, 0.15) is 11.9 Å². The van der Waals surface area contributed by atoms with Crippen molar-refractivity contribution in [1.82, 2.24) is 0 Å². The lowest BCUT2D eigenvalue weighted by Crippen LogP contribution is -2.05. The lowest BCUT2D eigenvalue weighted by Gasteiger charge is -2.13. The summed E-state index contributed by atoms with van der Waals surface area (Å²) < 4.78 is 18.3. The number of nitrogens with two attached hydrogens (primary N) is 1. The highest BCUT2D eigenvalue weighted by atomic mass is 19.1. The van der Waals surface area contributed by atoms with Crippen LogP contribution < -0.4 is 10.6 Å². The van der Waals surface area contributed by atoms with Crippen LogP contribution in [0.25, 0.3) is 0 Å². The number of benzene rings is 1. The van der Waals surface area contributed by atoms with Gasteiger partial charge in [0.2, 0.25) is 0 Å². The number of halogens is 1. The molecule has 0 aromatic heterocycles. The average Bonchev–Trinajstić information content (AvgIpc) is 2.18. The molecule has 0 aliphatic rings. The first-order chi connectivity index (χ1) is 6.70. The Balaban J connectivity index is 3.13. The summed E-state index contributed by atoms with van der Waals surface area (Å²) in [5, 5.41) is 0. The highest BCUT2D eigenvalue weighted by molar-refractivity contribution is 5.40. The molecule has 1 unspecified atom stereocenters. The zero-order valence-electron chi connectivity index (χ0n) is 8.29. The van der Waals surface area contributed by atoms with Gasteiger partial charge in [0, 0.05) is 5.56 Å². The molecule has 0 fully saturated rings. The zero-order valence-corrected chi connectivity index (χ0v) is 8.29. The Morgan fingerprint density at radius 3 is 2.71 bits per heavy atom. The number of hydrogen-bond donors (Lipinski definition) is 1. The van der Waals surface area contributed by atoms with E-state index in [2.05, 4.69) is 4.84 Å². The van der Waals surface area contributed by atoms with Gasteiger partial charge < -0.3 is 4.74 Å². The van der Waals surface area contributed by atoms with Crippen molar-refractivity contribution in [1.29, 1.82) is 0 Å². The lowest BCUT2D eigenvalue weighted by molar-refractivity contribution is 0.120. The third-order valence-electron chi connectivity index (χ3n) is 2.05. The molecule has 2 N–H and O–H groups in total. The number of methoxy groups -OCH3 is 1. The fourth-order valence-corrected chi connectivity index (χ4v) is 1.38. The van der Waals surface area contributed by atoms with Gasteiger partial charge in [-0.3, -0.25) is 4.84 Å². The van der Waals surface area contributed by atoms with Crippen LogP contribution in [0.1, 0.15) is 24.2 Å². The van der Waals surface area contributed by atoms with Crippen molar-refractivity contribution in [2.75, 3.05) is 7.11 Å². The summed E-state index contributed by atoms with van der Waals surface area (Å²) in [6.07, 6.45) is -1.06. The van der Waals surface area contributed by atoms with Crippen molar-refractivity contribution in [2.45, 2.75) is 19.7 Å². The first kappa shape index (κ1) is 10.9. The summed E-state index contributed by atoms with van der Waals surface area (Å²) in [4.78, 5) is 4.51. The minimum absolute atomic E-state index is 0.146. The molecular formula is C10H14FNO2. The summed E-state index contributed by atoms with van der Waals surface area (Å²) in [6, 6.07) is 5.19. The van der Waals surface area contributed by atoms with Gasteiger partial charge in [-0.1, -0.05) is 12.1 Å². The van der Waals surface area contributed by atoms with Crippen molar-refractivity contribution < 1.29 is 14.0 Å². The van der Waals surface area contributed by atoms with Crippen LogP contribution in [0, 0.1) is 0 Å². The van der Waals surface area contributed by atoms with Gasteiger partial charge in [-0.25, -0.2) is 10.3 Å². The second kappa shape index (κ2) is 4.93. The van der Waals surface area contributed by atoms with Crippen molar-refractivity contribution in [3.63, 3.8) is 0 Å². The van der Waals surface area contributed by atoms with Crippen LogP contribution in [0.15, 0.2) is 18.2 Å². The van der Waals surface area contributed by atoms with Gasteiger partial charge >= 0.3 is 0 Å². The third kappa shape index (κ3) is 2.21. The van der Waals surface area contributed by atoms with Crippen molar-refractivity contribution in [2.24, 2.45) is 5.90 Å². The quantitative estimate of drug-likeness (QED) is 0.755. The van der Waals surface area contributed by atoms with Gasteiger partial charge in [-0.2, -0.15) is 0 Å². The minimum Gasteiger partial charge on any atom is -0.496 e. The first-order valence-corrected chi connectivity index (χ1v) is 4.32. The van der Waals surface area contributed by atoms with Crippen LogP contribution in [0.3, 0.4) is 0 Å². The van der Waals surface area contributed by atoms with E-state index in [1.165, 1.54) is 14.0 Å². The van der Waals surface area contributed by atoms with Crippen LogP contribution in [0.2, 0.25) is 0 Å². The Hall–Kier alpha value is -1.13. The SMILES string of the molecule is COc1cccc(C(C)F)c1CON. The second-order valence-corrected chi connectivity index (χ2v) is 2.96. The van der Waals surface area contributed by atoms with Gasteiger partial charge in [-0.05, 0) is 18.6 Å². The Bertz CT molecular complexity index is 302. The van der Waals surface area contributed by atoms with Crippen molar-refractivity contribution in [3.05, 3.63) is 29.3 Å². The van der Waals surface area contributed by atoms with E-state index in [4.69, 9.17) is 10.6 Å². The molecule has 0 heterocycles. The minimum atomic E-state index is -1.06. The predicted octanol–water partition coefficient (Wildman–Crippen LogP) is 2.12. The predicted molar refractivity (Wildman–Crippen MR) is 51.5 cm³/mol. The molecule has 14 heavy (non-hydrogen) atoms. The standard InChI is InChI=1S/C10H14FNO2/c1-7(11)8-4-3-5-10(13-2)9(8)6-14-12/h3-5,7H,6,12H2,1-2H3. The average molecular weight is 199 g/mol. The molecule has 1 atom stereocenters. The maximum absolute atomic E-state index is 13.2. The summed E-state index contributed by atoms with van der Waals surface area (Å²) in [7, 11) is 1.53. The van der Waals surface area contributed by atoms with Gasteiger partial charge in [0.15, 0.2) is 0 Å². The summed E-state index contributed by atoms with van der Waals surface area (Å²) in [5.41, 5.74) is 1.21. The van der Waals surface area contributed by atoms with Crippen LogP contribution in [0.5, 0.6) is 5.75 Å². The highest BCUT2D eigenvalue weighted by Gasteiger charge is 2.13. The van der Waals surface area contributed by atoms with Gasteiger partial charge in [0.05, 0.1) is 13.7 Å². The first-order valence-electron chi connectivity index (χ1n) is 4.32. The fourth-order valence-electron chi connectivity index (χ4n) is 1.38. The molecule has 0 aliphatic carbocycles. The van der Waals surface area contributed by atoms with Gasteiger partial charge in [0.25, 0.3) is 0 Å². The lowest BCUT2D eigenvalue weighted by atomic mass is 10.0. The van der Waals surface area contributed by atoms with Crippen LogP contribution in [-0.2, 0) is 11.4 Å². The van der Waals surface area contributed by atoms with E-state index in [-0.39, 0.29) is 6.61 Å². The van der Waals surface area contributed by atoms with E-state index in [9.17, 15) is 4.39 Å². The summed E-state index contributed by atoms with van der Waals surface area (Å²) in [6.45, 7) is 1.61. The maximum atomic E-state index is 13.2. The number of rotatable bonds is 4. The molecule has 1 aromatic carbocycles. The van der Waals surface area contributed by atoms with E-state index < -0.39 is 6.17 Å². The Morgan fingerprint density at radius 2 is 2.21 bits per heavy atom. The highest BCUT2D eigenvalue weighted by Crippen LogP contribution is 2.28. The topological polar surface area (TPSA) is 44.5 Å². The molecule has 78 valence electrons. The molecule has 0 saturated heterocycles. The smallest absolute Gasteiger partial charge is 0.124 e. The molecule has 0 spiro atoms. The van der Waals surface area contributed by atoms with Gasteiger partial charge in [-0.15, -0.1) is 0 Å². The molecule has 0 bridgehead atoms. The van der Waals surface area contributed by atoms with Crippen molar-refractivity contribution >= 4 is 0 Å². The molecule has 0 radical (unpaired) electrons. The van der Waals surface area contributed by atoms with Crippen LogP contribution in [-0.4, -0.2) is 7.11 Å². The van der Waals surface area contributed by atoms with E-state index in [1.807, 2.05) is 0 Å². The molecule has 1 aromatic rings. The Morgan fingerprint density at radius 1 is 1.50 bits per heavy atom. The largest absolute Gasteiger partial charge is 0.496 e. The maximum Gasteiger partial charge on any atom is 0.124 e. The molecule has 0 saturated carbocycles. The number of ether oxygens (including phenoxy) is 1. The van der Waals surface area contributed by atoms with Crippen molar-refractivity contribution in [3.8, 4) is 5.75 Å². The molecule has 1 rings (SSSR count). The summed E-state index contributed by atoms with van der Waals surface area (Å²) in [5.74, 6) is 5.57.